The van der Waals surface area contributed by atoms with Crippen molar-refractivity contribution in [3.63, 3.8) is 0 Å². The fraction of sp³-hybridized carbons (Fsp3) is 0.529. The average molecular weight is 327 g/mol. The highest BCUT2D eigenvalue weighted by Crippen LogP contribution is 2.25. The van der Waals surface area contributed by atoms with E-state index >= 15 is 0 Å². The van der Waals surface area contributed by atoms with Crippen molar-refractivity contribution >= 4 is 22.7 Å². The van der Waals surface area contributed by atoms with Gasteiger partial charge in [0.1, 0.15) is 16.8 Å². The second-order valence-corrected chi connectivity index (χ2v) is 6.72. The second-order valence-electron chi connectivity index (χ2n) is 6.72. The first-order valence-corrected chi connectivity index (χ1v) is 8.53. The van der Waals surface area contributed by atoms with Crippen LogP contribution in [-0.2, 0) is 16.0 Å². The molecule has 0 aliphatic carbocycles. The molecule has 1 unspecified atom stereocenters. The van der Waals surface area contributed by atoms with Gasteiger partial charge in [0.15, 0.2) is 0 Å². The molecule has 0 bridgehead atoms. The van der Waals surface area contributed by atoms with Gasteiger partial charge in [-0.15, -0.1) is 0 Å². The number of piperidine rings is 1. The van der Waals surface area contributed by atoms with E-state index in [2.05, 4.69) is 20.7 Å². The summed E-state index contributed by atoms with van der Waals surface area (Å²) in [4.78, 5) is 26.9. The molecule has 4 rings (SSSR count). The summed E-state index contributed by atoms with van der Waals surface area (Å²) in [5.41, 5.74) is 2.48. The molecule has 7 nitrogen and oxygen atoms in total. The average Bonchev–Trinajstić information content (AvgIpc) is 3.21. The van der Waals surface area contributed by atoms with E-state index in [0.29, 0.717) is 25.4 Å². The van der Waals surface area contributed by atoms with Crippen LogP contribution in [0.1, 0.15) is 24.8 Å². The summed E-state index contributed by atoms with van der Waals surface area (Å²) in [6, 6.07) is 5.95. The number of H-pyrrole nitrogens is 1. The lowest BCUT2D eigenvalue weighted by atomic mass is 9.96. The molecule has 0 radical (unpaired) electrons. The van der Waals surface area contributed by atoms with Gasteiger partial charge in [-0.05, 0) is 43.6 Å². The Balaban J connectivity index is 1.42. The summed E-state index contributed by atoms with van der Waals surface area (Å²) < 4.78 is 0. The number of hydrogen-bond donors (Lipinski definition) is 2. The Kier molecular flexibility index (Phi) is 4.02. The molecule has 2 N–H and O–H groups in total. The van der Waals surface area contributed by atoms with Gasteiger partial charge < -0.3 is 10.2 Å². The Morgan fingerprint density at radius 1 is 1.21 bits per heavy atom. The SMILES string of the molecule is O=C(Cc1ccc2n[nH]nc2c1)C1CC(=O)N(C2CCNCC2)C1. The molecule has 3 heterocycles. The Labute approximate surface area is 139 Å². The number of rotatable bonds is 4. The van der Waals surface area contributed by atoms with Crippen molar-refractivity contribution in [2.75, 3.05) is 19.6 Å². The van der Waals surface area contributed by atoms with Crippen molar-refractivity contribution in [3.8, 4) is 0 Å². The number of amides is 1. The molecular formula is C17H21N5O2. The molecule has 1 atom stereocenters. The summed E-state index contributed by atoms with van der Waals surface area (Å²) in [5, 5.41) is 14.0. The quantitative estimate of drug-likeness (QED) is 0.861. The van der Waals surface area contributed by atoms with Crippen molar-refractivity contribution in [2.45, 2.75) is 31.7 Å². The number of aromatic amines is 1. The minimum Gasteiger partial charge on any atom is -0.339 e. The third-order valence-corrected chi connectivity index (χ3v) is 5.12. The molecule has 2 aliphatic heterocycles. The predicted octanol–water partition coefficient (Wildman–Crippen LogP) is 0.670. The number of fused-ring (bicyclic) bond motifs is 1. The molecule has 2 fully saturated rings. The molecule has 24 heavy (non-hydrogen) atoms. The zero-order valence-electron chi connectivity index (χ0n) is 13.5. The Morgan fingerprint density at radius 3 is 2.83 bits per heavy atom. The Bertz CT molecular complexity index is 765. The van der Waals surface area contributed by atoms with Crippen molar-refractivity contribution in [2.24, 2.45) is 5.92 Å². The van der Waals surface area contributed by atoms with Crippen LogP contribution >= 0.6 is 0 Å². The van der Waals surface area contributed by atoms with Crippen LogP contribution in [0.2, 0.25) is 0 Å². The number of carbonyl (C=O) groups is 2. The van der Waals surface area contributed by atoms with Gasteiger partial charge in [0.2, 0.25) is 5.91 Å². The standard InChI is InChI=1S/C17H21N5O2/c23-16(8-11-1-2-14-15(7-11)20-21-19-14)12-9-17(24)22(10-12)13-3-5-18-6-4-13/h1-2,7,12-13,18H,3-6,8-10H2,(H,19,20,21). The summed E-state index contributed by atoms with van der Waals surface area (Å²) >= 11 is 0. The fourth-order valence-corrected chi connectivity index (χ4v) is 3.76. The molecule has 7 heteroatoms. The van der Waals surface area contributed by atoms with Crippen LogP contribution in [0.25, 0.3) is 11.0 Å². The lowest BCUT2D eigenvalue weighted by molar-refractivity contribution is -0.130. The van der Waals surface area contributed by atoms with Crippen LogP contribution in [0.4, 0.5) is 0 Å². The van der Waals surface area contributed by atoms with Crippen LogP contribution in [-0.4, -0.2) is 57.7 Å². The number of nitrogens with zero attached hydrogens (tertiary/aromatic N) is 3. The molecule has 1 aromatic carbocycles. The fourth-order valence-electron chi connectivity index (χ4n) is 3.76. The number of aromatic nitrogens is 3. The number of likely N-dealkylation sites (tertiary alicyclic amines) is 1. The van der Waals surface area contributed by atoms with E-state index in [-0.39, 0.29) is 17.6 Å². The minimum absolute atomic E-state index is 0.132. The van der Waals surface area contributed by atoms with E-state index in [0.717, 1.165) is 42.5 Å². The highest BCUT2D eigenvalue weighted by Gasteiger charge is 2.37. The summed E-state index contributed by atoms with van der Waals surface area (Å²) in [7, 11) is 0. The first-order chi connectivity index (χ1) is 11.7. The Morgan fingerprint density at radius 2 is 2.00 bits per heavy atom. The molecule has 2 aliphatic rings. The number of ketones is 1. The first kappa shape index (κ1) is 15.3. The van der Waals surface area contributed by atoms with Gasteiger partial charge in [0.05, 0.1) is 0 Å². The van der Waals surface area contributed by atoms with Gasteiger partial charge in [-0.3, -0.25) is 9.59 Å². The van der Waals surface area contributed by atoms with Crippen LogP contribution in [0.3, 0.4) is 0 Å². The normalized spacial score (nSPS) is 22.4. The van der Waals surface area contributed by atoms with Crippen molar-refractivity contribution in [1.82, 2.24) is 25.6 Å². The van der Waals surface area contributed by atoms with Gasteiger partial charge in [0.25, 0.3) is 0 Å². The van der Waals surface area contributed by atoms with Crippen LogP contribution < -0.4 is 5.32 Å². The van der Waals surface area contributed by atoms with Gasteiger partial charge in [-0.2, -0.15) is 15.4 Å². The van der Waals surface area contributed by atoms with E-state index in [4.69, 9.17) is 0 Å². The lowest BCUT2D eigenvalue weighted by Crippen LogP contribution is -2.44. The van der Waals surface area contributed by atoms with Crippen LogP contribution in [0, 0.1) is 5.92 Å². The smallest absolute Gasteiger partial charge is 0.223 e. The van der Waals surface area contributed by atoms with Crippen molar-refractivity contribution < 1.29 is 9.59 Å². The summed E-state index contributed by atoms with van der Waals surface area (Å²) in [5.74, 6) is 0.0928. The van der Waals surface area contributed by atoms with Gasteiger partial charge in [-0.25, -0.2) is 0 Å². The molecule has 126 valence electrons. The maximum absolute atomic E-state index is 12.6. The monoisotopic (exact) mass is 327 g/mol. The molecule has 2 aromatic rings. The largest absolute Gasteiger partial charge is 0.339 e. The maximum atomic E-state index is 12.6. The number of nitrogens with one attached hydrogen (secondary N) is 2. The maximum Gasteiger partial charge on any atom is 0.223 e. The Hall–Kier alpha value is -2.28. The van der Waals surface area contributed by atoms with Crippen molar-refractivity contribution in [1.29, 1.82) is 0 Å². The second kappa shape index (κ2) is 6.32. The lowest BCUT2D eigenvalue weighted by Gasteiger charge is -2.31. The van der Waals surface area contributed by atoms with E-state index in [1.165, 1.54) is 0 Å². The van der Waals surface area contributed by atoms with E-state index in [1.807, 2.05) is 23.1 Å². The summed E-state index contributed by atoms with van der Waals surface area (Å²) in [6.07, 6.45) is 2.67. The van der Waals surface area contributed by atoms with Crippen LogP contribution in [0.5, 0.6) is 0 Å². The summed E-state index contributed by atoms with van der Waals surface area (Å²) in [6.45, 7) is 2.48. The van der Waals surface area contributed by atoms with Crippen molar-refractivity contribution in [3.05, 3.63) is 23.8 Å². The molecule has 2 saturated heterocycles. The zero-order chi connectivity index (χ0) is 16.5. The highest BCUT2D eigenvalue weighted by atomic mass is 16.2. The van der Waals surface area contributed by atoms with Gasteiger partial charge in [0, 0.05) is 31.3 Å². The number of hydrogen-bond acceptors (Lipinski definition) is 5. The molecule has 0 saturated carbocycles. The zero-order valence-corrected chi connectivity index (χ0v) is 13.5. The molecule has 1 aromatic heterocycles. The predicted molar refractivity (Wildman–Crippen MR) is 88.3 cm³/mol. The third kappa shape index (κ3) is 2.91. The highest BCUT2D eigenvalue weighted by molar-refractivity contribution is 5.92. The molecule has 1 amide bonds. The topological polar surface area (TPSA) is 91.0 Å². The molecular weight excluding hydrogens is 306 g/mol. The third-order valence-electron chi connectivity index (χ3n) is 5.12. The first-order valence-electron chi connectivity index (χ1n) is 8.53. The molecule has 0 spiro atoms. The van der Waals surface area contributed by atoms with Gasteiger partial charge >= 0.3 is 0 Å². The minimum atomic E-state index is -0.180. The van der Waals surface area contributed by atoms with E-state index in [1.54, 1.807) is 0 Å². The van der Waals surface area contributed by atoms with Gasteiger partial charge in [-0.1, -0.05) is 6.07 Å². The van der Waals surface area contributed by atoms with E-state index in [9.17, 15) is 9.59 Å². The van der Waals surface area contributed by atoms with E-state index < -0.39 is 0 Å². The van der Waals surface area contributed by atoms with Crippen LogP contribution in [0.15, 0.2) is 18.2 Å². The number of Topliss-reactive ketones (excluding diaryl/α,β-unsaturated/α-hetero) is 1. The number of benzene rings is 1. The number of carbonyl (C=O) groups excluding carboxylic acids is 2.